The van der Waals surface area contributed by atoms with Crippen LogP contribution in [0.5, 0.6) is 5.75 Å². The van der Waals surface area contributed by atoms with Crippen LogP contribution in [0.3, 0.4) is 0 Å². The Balaban J connectivity index is 3.43. The maximum absolute atomic E-state index is 12.8. The first-order valence-corrected chi connectivity index (χ1v) is 4.99. The molecule has 0 bridgehead atoms. The Labute approximate surface area is 69.4 Å². The molecular formula is C7H7FO3S. The van der Waals surface area contributed by atoms with Crippen LogP contribution in [-0.2, 0) is 9.84 Å². The van der Waals surface area contributed by atoms with Gasteiger partial charge < -0.3 is 5.11 Å². The fourth-order valence-corrected chi connectivity index (χ4v) is 1.53. The largest absolute Gasteiger partial charge is 0.508 e. The quantitative estimate of drug-likeness (QED) is 0.716. The van der Waals surface area contributed by atoms with Crippen molar-refractivity contribution in [3.8, 4) is 5.75 Å². The lowest BCUT2D eigenvalue weighted by Crippen LogP contribution is -1.99. The van der Waals surface area contributed by atoms with Crippen LogP contribution in [0.1, 0.15) is 0 Å². The van der Waals surface area contributed by atoms with Gasteiger partial charge in [-0.1, -0.05) is 0 Å². The Morgan fingerprint density at radius 2 is 2.00 bits per heavy atom. The van der Waals surface area contributed by atoms with Crippen molar-refractivity contribution in [1.29, 1.82) is 0 Å². The van der Waals surface area contributed by atoms with Crippen molar-refractivity contribution in [2.45, 2.75) is 4.90 Å². The summed E-state index contributed by atoms with van der Waals surface area (Å²) in [5.41, 5.74) is 0. The summed E-state index contributed by atoms with van der Waals surface area (Å²) < 4.78 is 34.5. The zero-order valence-electron chi connectivity index (χ0n) is 6.28. The molecule has 0 saturated carbocycles. The third kappa shape index (κ3) is 1.73. The van der Waals surface area contributed by atoms with Gasteiger partial charge in [0, 0.05) is 12.3 Å². The van der Waals surface area contributed by atoms with Crippen LogP contribution in [-0.4, -0.2) is 19.8 Å². The van der Waals surface area contributed by atoms with Crippen molar-refractivity contribution in [3.05, 3.63) is 24.0 Å². The van der Waals surface area contributed by atoms with Gasteiger partial charge in [-0.15, -0.1) is 0 Å². The second-order valence-corrected chi connectivity index (χ2v) is 4.37. The molecule has 0 aliphatic heterocycles. The molecule has 0 radical (unpaired) electrons. The van der Waals surface area contributed by atoms with Gasteiger partial charge in [-0.3, -0.25) is 0 Å². The Bertz CT molecular complexity index is 397. The van der Waals surface area contributed by atoms with E-state index in [2.05, 4.69) is 0 Å². The zero-order valence-corrected chi connectivity index (χ0v) is 7.10. The minimum atomic E-state index is -3.59. The summed E-state index contributed by atoms with van der Waals surface area (Å²) in [6, 6.07) is 2.88. The molecule has 5 heteroatoms. The minimum absolute atomic E-state index is 0.267. The molecule has 0 heterocycles. The topological polar surface area (TPSA) is 54.4 Å². The average molecular weight is 190 g/mol. The molecule has 0 aliphatic carbocycles. The summed E-state index contributed by atoms with van der Waals surface area (Å²) in [6.45, 7) is 0. The number of sulfone groups is 1. The summed E-state index contributed by atoms with van der Waals surface area (Å²) in [6.07, 6.45) is 0.880. The van der Waals surface area contributed by atoms with Crippen molar-refractivity contribution in [3.63, 3.8) is 0 Å². The third-order valence-electron chi connectivity index (χ3n) is 1.31. The van der Waals surface area contributed by atoms with Crippen LogP contribution in [0.25, 0.3) is 0 Å². The normalized spacial score (nSPS) is 11.5. The summed E-state index contributed by atoms with van der Waals surface area (Å²) in [7, 11) is -3.59. The number of halogens is 1. The molecule has 0 aliphatic rings. The smallest absolute Gasteiger partial charge is 0.178 e. The number of aromatic hydroxyl groups is 1. The fourth-order valence-electron chi connectivity index (χ4n) is 0.776. The van der Waals surface area contributed by atoms with Gasteiger partial charge in [0.15, 0.2) is 9.84 Å². The summed E-state index contributed by atoms with van der Waals surface area (Å²) in [4.78, 5) is -0.484. The lowest BCUT2D eigenvalue weighted by atomic mass is 10.3. The molecule has 0 unspecified atom stereocenters. The Kier molecular flexibility index (Phi) is 2.06. The van der Waals surface area contributed by atoms with Crippen LogP contribution < -0.4 is 0 Å². The average Bonchev–Trinajstić information content (AvgIpc) is 1.92. The van der Waals surface area contributed by atoms with Crippen LogP contribution in [0.4, 0.5) is 4.39 Å². The van der Waals surface area contributed by atoms with Crippen molar-refractivity contribution in [2.24, 2.45) is 0 Å². The van der Waals surface area contributed by atoms with Crippen LogP contribution in [0.2, 0.25) is 0 Å². The highest BCUT2D eigenvalue weighted by atomic mass is 32.2. The second-order valence-electron chi connectivity index (χ2n) is 2.39. The van der Waals surface area contributed by atoms with Gasteiger partial charge >= 0.3 is 0 Å². The molecule has 0 saturated heterocycles. The lowest BCUT2D eigenvalue weighted by molar-refractivity contribution is 0.468. The van der Waals surface area contributed by atoms with Crippen molar-refractivity contribution in [2.75, 3.05) is 6.26 Å². The van der Waals surface area contributed by atoms with E-state index in [1.54, 1.807) is 0 Å². The Morgan fingerprint density at radius 1 is 1.42 bits per heavy atom. The SMILES string of the molecule is CS(=O)(=O)c1cc(O)ccc1F. The molecule has 0 atom stereocenters. The molecule has 1 aromatic rings. The Hall–Kier alpha value is -1.10. The summed E-state index contributed by atoms with van der Waals surface area (Å²) >= 11 is 0. The van der Waals surface area contributed by atoms with Crippen molar-refractivity contribution in [1.82, 2.24) is 0 Å². The Morgan fingerprint density at radius 3 is 2.42 bits per heavy atom. The van der Waals surface area contributed by atoms with Gasteiger partial charge in [0.2, 0.25) is 0 Å². The first-order chi connectivity index (χ1) is 5.41. The third-order valence-corrected chi connectivity index (χ3v) is 2.43. The molecule has 1 rings (SSSR count). The van der Waals surface area contributed by atoms with Gasteiger partial charge in [0.25, 0.3) is 0 Å². The van der Waals surface area contributed by atoms with Crippen LogP contribution >= 0.6 is 0 Å². The van der Waals surface area contributed by atoms with E-state index in [-0.39, 0.29) is 5.75 Å². The lowest BCUT2D eigenvalue weighted by Gasteiger charge is -1.99. The van der Waals surface area contributed by atoms with E-state index in [4.69, 9.17) is 5.11 Å². The number of rotatable bonds is 1. The van der Waals surface area contributed by atoms with Gasteiger partial charge in [-0.25, -0.2) is 12.8 Å². The van der Waals surface area contributed by atoms with Crippen molar-refractivity contribution >= 4 is 9.84 Å². The van der Waals surface area contributed by atoms with E-state index in [1.165, 1.54) is 0 Å². The van der Waals surface area contributed by atoms with E-state index in [9.17, 15) is 12.8 Å². The highest BCUT2D eigenvalue weighted by Gasteiger charge is 2.13. The maximum atomic E-state index is 12.8. The molecule has 12 heavy (non-hydrogen) atoms. The van der Waals surface area contributed by atoms with Gasteiger partial charge in [0.05, 0.1) is 0 Å². The second kappa shape index (κ2) is 2.75. The van der Waals surface area contributed by atoms with E-state index >= 15 is 0 Å². The standard InChI is InChI=1S/C7H7FO3S/c1-12(10,11)7-4-5(9)2-3-6(7)8/h2-4,9H,1H3. The molecule has 66 valence electrons. The molecule has 0 fully saturated rings. The molecule has 1 N–H and O–H groups in total. The number of hydrogen-bond acceptors (Lipinski definition) is 3. The first-order valence-electron chi connectivity index (χ1n) is 3.10. The van der Waals surface area contributed by atoms with E-state index in [0.717, 1.165) is 24.5 Å². The van der Waals surface area contributed by atoms with E-state index < -0.39 is 20.5 Å². The predicted molar refractivity (Wildman–Crippen MR) is 41.2 cm³/mol. The molecule has 3 nitrogen and oxygen atoms in total. The first kappa shape index (κ1) is 8.99. The molecular weight excluding hydrogens is 183 g/mol. The number of phenols is 1. The monoisotopic (exact) mass is 190 g/mol. The number of phenolic OH excluding ortho intramolecular Hbond substituents is 1. The number of hydrogen-bond donors (Lipinski definition) is 1. The zero-order chi connectivity index (χ0) is 9.35. The molecule has 0 aromatic heterocycles. The van der Waals surface area contributed by atoms with Gasteiger partial charge in [0.1, 0.15) is 16.5 Å². The fraction of sp³-hybridized carbons (Fsp3) is 0.143. The summed E-state index contributed by atoms with van der Waals surface area (Å²) in [5.74, 6) is -1.12. The van der Waals surface area contributed by atoms with Crippen molar-refractivity contribution < 1.29 is 17.9 Å². The highest BCUT2D eigenvalue weighted by molar-refractivity contribution is 7.90. The van der Waals surface area contributed by atoms with Gasteiger partial charge in [-0.05, 0) is 12.1 Å². The molecule has 1 aromatic carbocycles. The molecule has 0 spiro atoms. The van der Waals surface area contributed by atoms with Crippen LogP contribution in [0, 0.1) is 5.82 Å². The highest BCUT2D eigenvalue weighted by Crippen LogP contribution is 2.19. The summed E-state index contributed by atoms with van der Waals surface area (Å²) in [5, 5.41) is 8.87. The number of benzene rings is 1. The maximum Gasteiger partial charge on any atom is 0.178 e. The van der Waals surface area contributed by atoms with E-state index in [0.29, 0.717) is 0 Å². The van der Waals surface area contributed by atoms with Gasteiger partial charge in [-0.2, -0.15) is 0 Å². The predicted octanol–water partition coefficient (Wildman–Crippen LogP) is 0.935. The van der Waals surface area contributed by atoms with Crippen LogP contribution in [0.15, 0.2) is 23.1 Å². The van der Waals surface area contributed by atoms with E-state index in [1.807, 2.05) is 0 Å². The minimum Gasteiger partial charge on any atom is -0.508 e. The molecule has 0 amide bonds.